The summed E-state index contributed by atoms with van der Waals surface area (Å²) in [6.45, 7) is -0.269. The van der Waals surface area contributed by atoms with Crippen LogP contribution in [0.15, 0.2) is 47.4 Å². The van der Waals surface area contributed by atoms with Gasteiger partial charge >= 0.3 is 0 Å². The van der Waals surface area contributed by atoms with Gasteiger partial charge in [-0.3, -0.25) is 4.79 Å². The molecule has 2 rings (SSSR count). The number of hydrogen-bond donors (Lipinski definition) is 2. The smallest absolute Gasteiger partial charge is 0.241 e. The number of nitrogens with one attached hydrogen (secondary N) is 2. The SMILES string of the molecule is COc1ccc(S(=O)(=O)NCC(=O)NCc2ccc(F)cc2)cc1OC. The van der Waals surface area contributed by atoms with Gasteiger partial charge in [0, 0.05) is 12.6 Å². The molecule has 0 aromatic heterocycles. The summed E-state index contributed by atoms with van der Waals surface area (Å²) >= 11 is 0. The minimum atomic E-state index is -3.90. The number of benzene rings is 2. The van der Waals surface area contributed by atoms with Crippen LogP contribution in [0, 0.1) is 5.82 Å². The predicted molar refractivity (Wildman–Crippen MR) is 93.0 cm³/mol. The lowest BCUT2D eigenvalue weighted by Gasteiger charge is -2.11. The zero-order valence-corrected chi connectivity index (χ0v) is 15.1. The Balaban J connectivity index is 1.94. The van der Waals surface area contributed by atoms with Gasteiger partial charge < -0.3 is 14.8 Å². The molecule has 0 radical (unpaired) electrons. The molecule has 0 saturated heterocycles. The van der Waals surface area contributed by atoms with Crippen LogP contribution < -0.4 is 19.5 Å². The van der Waals surface area contributed by atoms with Gasteiger partial charge in [-0.15, -0.1) is 0 Å². The maximum atomic E-state index is 12.8. The van der Waals surface area contributed by atoms with Crippen LogP contribution in [-0.2, 0) is 21.4 Å². The molecule has 140 valence electrons. The molecule has 0 aliphatic heterocycles. The van der Waals surface area contributed by atoms with Gasteiger partial charge in [-0.25, -0.2) is 17.5 Å². The Labute approximate surface area is 151 Å². The van der Waals surface area contributed by atoms with Crippen LogP contribution in [0.1, 0.15) is 5.56 Å². The number of amides is 1. The normalized spacial score (nSPS) is 11.0. The second-order valence-corrected chi connectivity index (χ2v) is 7.01. The summed E-state index contributed by atoms with van der Waals surface area (Å²) in [5.41, 5.74) is 0.697. The van der Waals surface area contributed by atoms with E-state index in [-0.39, 0.29) is 23.0 Å². The van der Waals surface area contributed by atoms with Crippen molar-refractivity contribution in [2.45, 2.75) is 11.4 Å². The highest BCUT2D eigenvalue weighted by Crippen LogP contribution is 2.29. The number of ether oxygens (including phenoxy) is 2. The first-order valence-corrected chi connectivity index (χ1v) is 9.07. The monoisotopic (exact) mass is 382 g/mol. The van der Waals surface area contributed by atoms with E-state index in [4.69, 9.17) is 9.47 Å². The predicted octanol–water partition coefficient (Wildman–Crippen LogP) is 1.44. The third-order valence-corrected chi connectivity index (χ3v) is 4.89. The second-order valence-electron chi connectivity index (χ2n) is 5.24. The number of hydrogen-bond acceptors (Lipinski definition) is 5. The second kappa shape index (κ2) is 8.63. The summed E-state index contributed by atoms with van der Waals surface area (Å²) in [5.74, 6) is -0.235. The fraction of sp³-hybridized carbons (Fsp3) is 0.235. The lowest BCUT2D eigenvalue weighted by Crippen LogP contribution is -2.36. The van der Waals surface area contributed by atoms with Crippen LogP contribution >= 0.6 is 0 Å². The molecule has 2 N–H and O–H groups in total. The van der Waals surface area contributed by atoms with Gasteiger partial charge in [0.25, 0.3) is 0 Å². The molecule has 0 aliphatic carbocycles. The first-order valence-electron chi connectivity index (χ1n) is 7.58. The summed E-state index contributed by atoms with van der Waals surface area (Å²) < 4.78 is 49.7. The highest BCUT2D eigenvalue weighted by Gasteiger charge is 2.18. The Kier molecular flexibility index (Phi) is 6.53. The van der Waals surface area contributed by atoms with Crippen molar-refractivity contribution in [2.75, 3.05) is 20.8 Å². The molecule has 0 unspecified atom stereocenters. The minimum Gasteiger partial charge on any atom is -0.493 e. The zero-order chi connectivity index (χ0) is 19.2. The largest absolute Gasteiger partial charge is 0.493 e. The fourth-order valence-corrected chi connectivity index (χ4v) is 3.09. The van der Waals surface area contributed by atoms with E-state index in [1.54, 1.807) is 0 Å². The highest BCUT2D eigenvalue weighted by atomic mass is 32.2. The van der Waals surface area contributed by atoms with Crippen molar-refractivity contribution in [1.82, 2.24) is 10.0 Å². The highest BCUT2D eigenvalue weighted by molar-refractivity contribution is 7.89. The van der Waals surface area contributed by atoms with Crippen molar-refractivity contribution >= 4 is 15.9 Å². The van der Waals surface area contributed by atoms with Crippen molar-refractivity contribution in [3.05, 3.63) is 53.8 Å². The Morgan fingerprint density at radius 1 is 1.04 bits per heavy atom. The zero-order valence-electron chi connectivity index (χ0n) is 14.3. The first-order chi connectivity index (χ1) is 12.4. The van der Waals surface area contributed by atoms with E-state index >= 15 is 0 Å². The summed E-state index contributed by atoms with van der Waals surface area (Å²) in [6.07, 6.45) is 0. The van der Waals surface area contributed by atoms with Gasteiger partial charge in [0.15, 0.2) is 11.5 Å². The van der Waals surface area contributed by atoms with Gasteiger partial charge in [0.1, 0.15) is 5.82 Å². The van der Waals surface area contributed by atoms with Gasteiger partial charge in [0.05, 0.1) is 25.7 Å². The van der Waals surface area contributed by atoms with Crippen molar-refractivity contribution in [1.29, 1.82) is 0 Å². The molecular weight excluding hydrogens is 363 g/mol. The van der Waals surface area contributed by atoms with Crippen LogP contribution in [0.5, 0.6) is 11.5 Å². The van der Waals surface area contributed by atoms with E-state index in [1.807, 2.05) is 0 Å². The first kappa shape index (κ1) is 19.7. The van der Waals surface area contributed by atoms with E-state index in [0.717, 1.165) is 0 Å². The Bertz CT molecular complexity index is 869. The van der Waals surface area contributed by atoms with E-state index in [2.05, 4.69) is 10.0 Å². The van der Waals surface area contributed by atoms with Crippen LogP contribution in [-0.4, -0.2) is 35.1 Å². The topological polar surface area (TPSA) is 93.7 Å². The maximum Gasteiger partial charge on any atom is 0.241 e. The summed E-state index contributed by atoms with van der Waals surface area (Å²) in [7, 11) is -1.06. The molecule has 26 heavy (non-hydrogen) atoms. The van der Waals surface area contributed by atoms with E-state index < -0.39 is 22.5 Å². The number of carbonyl (C=O) groups is 1. The van der Waals surface area contributed by atoms with Crippen molar-refractivity contribution < 1.29 is 27.1 Å². The average molecular weight is 382 g/mol. The van der Waals surface area contributed by atoms with Gasteiger partial charge in [0.2, 0.25) is 15.9 Å². The molecule has 0 spiro atoms. The van der Waals surface area contributed by atoms with Gasteiger partial charge in [-0.1, -0.05) is 12.1 Å². The van der Waals surface area contributed by atoms with Crippen LogP contribution in [0.3, 0.4) is 0 Å². The molecule has 0 bridgehead atoms. The molecule has 7 nitrogen and oxygen atoms in total. The van der Waals surface area contributed by atoms with Gasteiger partial charge in [-0.05, 0) is 29.8 Å². The number of sulfonamides is 1. The quantitative estimate of drug-likeness (QED) is 0.721. The molecule has 2 aromatic rings. The molecule has 0 atom stereocenters. The maximum absolute atomic E-state index is 12.8. The van der Waals surface area contributed by atoms with Crippen molar-refractivity contribution in [3.8, 4) is 11.5 Å². The standard InChI is InChI=1S/C17H19FN2O5S/c1-24-15-8-7-14(9-16(15)25-2)26(22,23)20-11-17(21)19-10-12-3-5-13(18)6-4-12/h3-9,20H,10-11H2,1-2H3,(H,19,21). The van der Waals surface area contributed by atoms with E-state index in [0.29, 0.717) is 11.3 Å². The lowest BCUT2D eigenvalue weighted by molar-refractivity contribution is -0.120. The Morgan fingerprint density at radius 2 is 1.69 bits per heavy atom. The average Bonchev–Trinajstić information content (AvgIpc) is 2.65. The molecule has 0 fully saturated rings. The number of halogens is 1. The van der Waals surface area contributed by atoms with Crippen molar-refractivity contribution in [3.63, 3.8) is 0 Å². The molecule has 9 heteroatoms. The molecule has 0 heterocycles. The van der Waals surface area contributed by atoms with E-state index in [1.165, 1.54) is 56.7 Å². The lowest BCUT2D eigenvalue weighted by atomic mass is 10.2. The minimum absolute atomic E-state index is 0.0542. The molecule has 0 aliphatic rings. The molecular formula is C17H19FN2O5S. The van der Waals surface area contributed by atoms with Crippen LogP contribution in [0.2, 0.25) is 0 Å². The summed E-state index contributed by atoms with van der Waals surface area (Å²) in [4.78, 5) is 11.8. The number of carbonyl (C=O) groups excluding carboxylic acids is 1. The van der Waals surface area contributed by atoms with Gasteiger partial charge in [-0.2, -0.15) is 0 Å². The molecule has 1 amide bonds. The van der Waals surface area contributed by atoms with E-state index in [9.17, 15) is 17.6 Å². The van der Waals surface area contributed by atoms with Crippen LogP contribution in [0.25, 0.3) is 0 Å². The Morgan fingerprint density at radius 3 is 2.31 bits per heavy atom. The third-order valence-electron chi connectivity index (χ3n) is 3.49. The Hall–Kier alpha value is -2.65. The molecule has 2 aromatic carbocycles. The number of rotatable bonds is 8. The number of methoxy groups -OCH3 is 2. The van der Waals surface area contributed by atoms with Crippen LogP contribution in [0.4, 0.5) is 4.39 Å². The summed E-state index contributed by atoms with van der Waals surface area (Å²) in [5, 5.41) is 2.55. The molecule has 0 saturated carbocycles. The summed E-state index contributed by atoms with van der Waals surface area (Å²) in [6, 6.07) is 9.73. The van der Waals surface area contributed by atoms with Crippen molar-refractivity contribution in [2.24, 2.45) is 0 Å². The fourth-order valence-electron chi connectivity index (χ4n) is 2.09. The third kappa shape index (κ3) is 5.17.